The molecule has 3 nitrogen and oxygen atoms in total. The second-order valence-corrected chi connectivity index (χ2v) is 8.02. The Bertz CT molecular complexity index is 339. The second kappa shape index (κ2) is 21.5. The molecule has 0 aliphatic heterocycles. The lowest BCUT2D eigenvalue weighted by Crippen LogP contribution is -2.18. The van der Waals surface area contributed by atoms with E-state index in [1.54, 1.807) is 14.1 Å². The zero-order valence-corrected chi connectivity index (χ0v) is 18.6. The van der Waals surface area contributed by atoms with Gasteiger partial charge < -0.3 is 4.84 Å². The van der Waals surface area contributed by atoms with E-state index in [4.69, 9.17) is 4.84 Å². The Morgan fingerprint density at radius 2 is 1.07 bits per heavy atom. The topological polar surface area (TPSA) is 29.5 Å². The molecule has 0 N–H and O–H groups in total. The number of carbonyl (C=O) groups excluding carboxylic acids is 1. The van der Waals surface area contributed by atoms with Gasteiger partial charge in [-0.1, -0.05) is 96.1 Å². The predicted octanol–water partition coefficient (Wildman–Crippen LogP) is 7.60. The summed E-state index contributed by atoms with van der Waals surface area (Å²) in [6.07, 6.45) is 27.7. The molecule has 0 rings (SSSR count). The van der Waals surface area contributed by atoms with Crippen LogP contribution in [0.4, 0.5) is 0 Å². The van der Waals surface area contributed by atoms with Crippen molar-refractivity contribution in [2.24, 2.45) is 0 Å². The maximum atomic E-state index is 11.4. The van der Waals surface area contributed by atoms with Gasteiger partial charge in [0, 0.05) is 20.5 Å². The minimum absolute atomic E-state index is 0.110. The molecule has 27 heavy (non-hydrogen) atoms. The Balaban J connectivity index is 3.14. The van der Waals surface area contributed by atoms with Crippen molar-refractivity contribution in [2.45, 2.75) is 122 Å². The van der Waals surface area contributed by atoms with E-state index in [1.165, 1.54) is 101 Å². The molecule has 0 saturated carbocycles. The molecule has 0 heterocycles. The highest BCUT2D eigenvalue weighted by Gasteiger charge is 2.03. The molecule has 0 fully saturated rings. The van der Waals surface area contributed by atoms with Crippen LogP contribution in [0.25, 0.3) is 0 Å². The summed E-state index contributed by atoms with van der Waals surface area (Å²) in [4.78, 5) is 16.3. The first-order valence-corrected chi connectivity index (χ1v) is 11.7. The smallest absolute Gasteiger partial charge is 0.325 e. The number of hydrogen-bond donors (Lipinski definition) is 0. The minimum Gasteiger partial charge on any atom is -0.369 e. The number of carbonyl (C=O) groups is 1. The van der Waals surface area contributed by atoms with Gasteiger partial charge >= 0.3 is 5.97 Å². The Morgan fingerprint density at radius 1 is 0.667 bits per heavy atom. The van der Waals surface area contributed by atoms with Crippen molar-refractivity contribution in [3.8, 4) is 0 Å². The fourth-order valence-electron chi connectivity index (χ4n) is 3.30. The number of unbranched alkanes of at least 4 members (excludes halogenated alkanes) is 15. The summed E-state index contributed by atoms with van der Waals surface area (Å²) in [5.41, 5.74) is 0. The normalized spacial score (nSPS) is 11.6. The van der Waals surface area contributed by atoms with Crippen molar-refractivity contribution in [1.82, 2.24) is 5.06 Å². The lowest BCUT2D eigenvalue weighted by atomic mass is 10.1. The van der Waals surface area contributed by atoms with Crippen molar-refractivity contribution >= 4 is 5.97 Å². The molecule has 0 bridgehead atoms. The van der Waals surface area contributed by atoms with Crippen molar-refractivity contribution in [3.05, 3.63) is 12.2 Å². The van der Waals surface area contributed by atoms with E-state index in [-0.39, 0.29) is 5.97 Å². The first kappa shape index (κ1) is 26.2. The number of nitrogens with zero attached hydrogens (tertiary/aromatic N) is 1. The fraction of sp³-hybridized carbons (Fsp3) is 0.875. The Morgan fingerprint density at radius 3 is 1.52 bits per heavy atom. The van der Waals surface area contributed by atoms with Crippen molar-refractivity contribution < 1.29 is 9.63 Å². The van der Waals surface area contributed by atoms with E-state index in [0.717, 1.165) is 12.8 Å². The average molecular weight is 382 g/mol. The van der Waals surface area contributed by atoms with Crippen molar-refractivity contribution in [1.29, 1.82) is 0 Å². The van der Waals surface area contributed by atoms with Crippen molar-refractivity contribution in [2.75, 3.05) is 14.1 Å². The van der Waals surface area contributed by atoms with Crippen LogP contribution in [-0.2, 0) is 9.63 Å². The van der Waals surface area contributed by atoms with Crippen LogP contribution in [0.15, 0.2) is 12.2 Å². The predicted molar refractivity (Wildman–Crippen MR) is 118 cm³/mol. The highest BCUT2D eigenvalue weighted by Crippen LogP contribution is 2.12. The number of hydrogen-bond acceptors (Lipinski definition) is 3. The van der Waals surface area contributed by atoms with E-state index in [0.29, 0.717) is 6.42 Å². The molecular formula is C24H47NO2. The fourth-order valence-corrected chi connectivity index (χ4v) is 3.30. The molecule has 0 aliphatic rings. The third-order valence-electron chi connectivity index (χ3n) is 4.93. The summed E-state index contributed by atoms with van der Waals surface area (Å²) in [6, 6.07) is 0. The molecule has 0 unspecified atom stereocenters. The molecule has 0 spiro atoms. The van der Waals surface area contributed by atoms with Gasteiger partial charge in [0.1, 0.15) is 0 Å². The van der Waals surface area contributed by atoms with E-state index < -0.39 is 0 Å². The maximum Gasteiger partial charge on any atom is 0.325 e. The van der Waals surface area contributed by atoms with E-state index in [1.807, 2.05) is 0 Å². The van der Waals surface area contributed by atoms with E-state index in [9.17, 15) is 4.79 Å². The summed E-state index contributed by atoms with van der Waals surface area (Å²) in [5.74, 6) is -0.110. The molecule has 160 valence electrons. The quantitative estimate of drug-likeness (QED) is 0.123. The lowest BCUT2D eigenvalue weighted by molar-refractivity contribution is -0.178. The van der Waals surface area contributed by atoms with Gasteiger partial charge in [-0.2, -0.15) is 0 Å². The molecular weight excluding hydrogens is 334 g/mol. The van der Waals surface area contributed by atoms with Gasteiger partial charge in [0.05, 0.1) is 0 Å². The standard InChI is InChI=1S/C24H47NO2/c1-4-5-6-7-8-9-10-11-12-13-14-15-16-17-18-19-20-21-22-23-24(26)27-25(2)3/h11-12H,4-10,13-23H2,1-3H3/b12-11-. The monoisotopic (exact) mass is 381 g/mol. The van der Waals surface area contributed by atoms with Gasteiger partial charge in [0.15, 0.2) is 0 Å². The first-order valence-electron chi connectivity index (χ1n) is 11.7. The zero-order chi connectivity index (χ0) is 20.0. The van der Waals surface area contributed by atoms with Gasteiger partial charge in [0.25, 0.3) is 0 Å². The van der Waals surface area contributed by atoms with Crippen LogP contribution < -0.4 is 0 Å². The summed E-state index contributed by atoms with van der Waals surface area (Å²) < 4.78 is 0. The third kappa shape index (κ3) is 23.1. The summed E-state index contributed by atoms with van der Waals surface area (Å²) >= 11 is 0. The zero-order valence-electron chi connectivity index (χ0n) is 18.6. The van der Waals surface area contributed by atoms with E-state index in [2.05, 4.69) is 19.1 Å². The average Bonchev–Trinajstić information content (AvgIpc) is 2.63. The van der Waals surface area contributed by atoms with Crippen LogP contribution >= 0.6 is 0 Å². The summed E-state index contributed by atoms with van der Waals surface area (Å²) in [7, 11) is 3.48. The van der Waals surface area contributed by atoms with Gasteiger partial charge in [-0.25, -0.2) is 0 Å². The number of allylic oxidation sites excluding steroid dienone is 2. The van der Waals surface area contributed by atoms with Crippen LogP contribution in [0.5, 0.6) is 0 Å². The van der Waals surface area contributed by atoms with Gasteiger partial charge in [0.2, 0.25) is 0 Å². The molecule has 0 aromatic carbocycles. The highest BCUT2D eigenvalue weighted by atomic mass is 16.7. The molecule has 0 saturated heterocycles. The molecule has 0 aromatic heterocycles. The number of rotatable bonds is 20. The van der Waals surface area contributed by atoms with Crippen LogP contribution in [-0.4, -0.2) is 25.1 Å². The molecule has 3 heteroatoms. The van der Waals surface area contributed by atoms with Gasteiger partial charge in [-0.05, 0) is 32.1 Å². The largest absolute Gasteiger partial charge is 0.369 e. The molecule has 0 amide bonds. The van der Waals surface area contributed by atoms with Crippen LogP contribution in [0.2, 0.25) is 0 Å². The molecule has 0 aromatic rings. The minimum atomic E-state index is -0.110. The summed E-state index contributed by atoms with van der Waals surface area (Å²) in [5, 5.41) is 1.47. The first-order chi connectivity index (χ1) is 13.2. The Labute approximate surface area is 169 Å². The SMILES string of the molecule is CCCCCCCC/C=C\CCCCCCCCCCCC(=O)ON(C)C. The lowest BCUT2D eigenvalue weighted by Gasteiger charge is -2.09. The number of hydroxylamine groups is 2. The second-order valence-electron chi connectivity index (χ2n) is 8.02. The van der Waals surface area contributed by atoms with Crippen LogP contribution in [0.1, 0.15) is 122 Å². The van der Waals surface area contributed by atoms with Crippen molar-refractivity contribution in [3.63, 3.8) is 0 Å². The van der Waals surface area contributed by atoms with Crippen LogP contribution in [0, 0.1) is 0 Å². The Hall–Kier alpha value is -0.830. The van der Waals surface area contributed by atoms with Gasteiger partial charge in [-0.15, -0.1) is 5.06 Å². The van der Waals surface area contributed by atoms with E-state index >= 15 is 0 Å². The van der Waals surface area contributed by atoms with Crippen LogP contribution in [0.3, 0.4) is 0 Å². The molecule has 0 aliphatic carbocycles. The molecule has 0 radical (unpaired) electrons. The summed E-state index contributed by atoms with van der Waals surface area (Å²) in [6.45, 7) is 2.28. The maximum absolute atomic E-state index is 11.4. The highest BCUT2D eigenvalue weighted by molar-refractivity contribution is 5.68. The van der Waals surface area contributed by atoms with Gasteiger partial charge in [-0.3, -0.25) is 4.79 Å². The third-order valence-corrected chi connectivity index (χ3v) is 4.93. The Kier molecular flexibility index (Phi) is 20.8. The molecule has 0 atom stereocenters.